The number of Topliss-reactive ketones (excluding diaryl/α,β-unsaturated/α-hetero) is 1. The van der Waals surface area contributed by atoms with E-state index in [2.05, 4.69) is 10.6 Å². The highest BCUT2D eigenvalue weighted by atomic mass is 35.5. The summed E-state index contributed by atoms with van der Waals surface area (Å²) in [5.41, 5.74) is 4.70. The number of alkyl carbamates (subject to hydrolysis) is 1. The summed E-state index contributed by atoms with van der Waals surface area (Å²) >= 11 is 12.7. The van der Waals surface area contributed by atoms with Crippen molar-refractivity contribution in [2.75, 3.05) is 6.54 Å². The Bertz CT molecular complexity index is 1060. The zero-order valence-corrected chi connectivity index (χ0v) is 26.2. The maximum Gasteiger partial charge on any atom is 0.408 e. The molecule has 3 saturated carbocycles. The van der Waals surface area contributed by atoms with E-state index in [4.69, 9.17) is 40.6 Å². The van der Waals surface area contributed by atoms with E-state index in [1.165, 1.54) is 4.90 Å². The second-order valence-electron chi connectivity index (χ2n) is 13.2. The van der Waals surface area contributed by atoms with Gasteiger partial charge in [0.15, 0.2) is 0 Å². The Hall–Kier alpha value is -2.07. The third kappa shape index (κ3) is 6.69. The third-order valence-corrected chi connectivity index (χ3v) is 11.1. The molecule has 1 aliphatic heterocycles. The van der Waals surface area contributed by atoms with E-state index in [-0.39, 0.29) is 36.1 Å². The van der Waals surface area contributed by atoms with Gasteiger partial charge in [-0.2, -0.15) is 0 Å². The molecule has 0 aromatic heterocycles. The van der Waals surface area contributed by atoms with Crippen LogP contribution in [0.3, 0.4) is 0 Å². The van der Waals surface area contributed by atoms with E-state index in [1.54, 1.807) is 0 Å². The Balaban J connectivity index is 1.59. The van der Waals surface area contributed by atoms with Crippen molar-refractivity contribution < 1.29 is 28.7 Å². The van der Waals surface area contributed by atoms with Crippen molar-refractivity contribution in [3.63, 3.8) is 0 Å². The van der Waals surface area contributed by atoms with Crippen LogP contribution >= 0.6 is 23.2 Å². The molecule has 0 aromatic carbocycles. The van der Waals surface area contributed by atoms with E-state index >= 15 is 0 Å². The van der Waals surface area contributed by atoms with Crippen LogP contribution in [0.2, 0.25) is 0 Å². The zero-order valence-electron chi connectivity index (χ0n) is 24.7. The van der Waals surface area contributed by atoms with Gasteiger partial charge in [0, 0.05) is 24.8 Å². The molecule has 7 atom stereocenters. The number of piperidine rings is 1. The van der Waals surface area contributed by atoms with Crippen molar-refractivity contribution in [2.45, 2.75) is 108 Å². The molecule has 234 valence electrons. The SMILES string of the molecule is [CH][C@@H](OC(=O)N[C@H](C(=O)N1C[C@H]2[C@@H]([C@H]1C(=O)NC(CC1CCC1)C(=O)C(N)=O)C2(C)C(Cl)Cl)C1CCCCC1)C(C)C. The molecule has 4 aliphatic rings. The van der Waals surface area contributed by atoms with E-state index in [9.17, 15) is 24.0 Å². The van der Waals surface area contributed by atoms with Crippen LogP contribution in [0, 0.1) is 41.9 Å². The number of nitrogens with one attached hydrogen (secondary N) is 2. The number of alkyl halides is 2. The smallest absolute Gasteiger partial charge is 0.408 e. The molecule has 2 radical (unpaired) electrons. The molecule has 1 heterocycles. The van der Waals surface area contributed by atoms with Crippen LogP contribution in [0.5, 0.6) is 0 Å². The molecule has 0 bridgehead atoms. The standard InChI is InChI=1S/C30H44Cl2N4O6/c1-15(2)16(3)42-29(41)35-22(18-11-6-5-7-12-18)27(40)36-14-19-21(30(19,4)28(31)32)23(36)26(39)34-20(24(37)25(33)38)13-17-9-8-10-17/h3,15-23,28H,5-14H2,1-2,4H3,(H2,33,38)(H,34,39)(H,35,41)/t16-,19+,20?,21+,22+,23+,30?/m1/s1. The van der Waals surface area contributed by atoms with Crippen molar-refractivity contribution >= 4 is 52.8 Å². The summed E-state index contributed by atoms with van der Waals surface area (Å²) in [6, 6.07) is -2.99. The first-order valence-corrected chi connectivity index (χ1v) is 16.1. The maximum atomic E-state index is 14.3. The number of hydrogen-bond donors (Lipinski definition) is 3. The number of hydrogen-bond acceptors (Lipinski definition) is 6. The van der Waals surface area contributed by atoms with Gasteiger partial charge in [-0.25, -0.2) is 4.79 Å². The highest BCUT2D eigenvalue weighted by Crippen LogP contribution is 2.68. The number of primary amides is 1. The highest BCUT2D eigenvalue weighted by Gasteiger charge is 2.74. The maximum absolute atomic E-state index is 14.3. The summed E-state index contributed by atoms with van der Waals surface area (Å²) in [6.07, 6.45) is 5.87. The Morgan fingerprint density at radius 1 is 1.02 bits per heavy atom. The minimum atomic E-state index is -1.12. The van der Waals surface area contributed by atoms with Gasteiger partial charge in [-0.1, -0.05) is 59.3 Å². The Labute approximate surface area is 258 Å². The van der Waals surface area contributed by atoms with Crippen LogP contribution in [0.1, 0.15) is 78.6 Å². The normalized spacial score (nSPS) is 29.7. The summed E-state index contributed by atoms with van der Waals surface area (Å²) < 4.78 is 5.33. The number of ketones is 1. The number of fused-ring (bicyclic) bond motifs is 1. The number of likely N-dealkylation sites (tertiary alicyclic amines) is 1. The van der Waals surface area contributed by atoms with Gasteiger partial charge in [0.2, 0.25) is 17.6 Å². The van der Waals surface area contributed by atoms with Crippen LogP contribution in [0.25, 0.3) is 0 Å². The van der Waals surface area contributed by atoms with Crippen molar-refractivity contribution in [1.29, 1.82) is 0 Å². The Kier molecular flexibility index (Phi) is 10.4. The van der Waals surface area contributed by atoms with E-state index in [0.29, 0.717) is 6.42 Å². The average Bonchev–Trinajstić information content (AvgIpc) is 3.29. The monoisotopic (exact) mass is 626 g/mol. The molecule has 42 heavy (non-hydrogen) atoms. The number of amides is 4. The molecule has 0 aromatic rings. The number of carbonyl (C=O) groups excluding carboxylic acids is 5. The van der Waals surface area contributed by atoms with Gasteiger partial charge in [-0.3, -0.25) is 19.2 Å². The molecule has 1 saturated heterocycles. The quantitative estimate of drug-likeness (QED) is 0.223. The first-order valence-electron chi connectivity index (χ1n) is 15.2. The summed E-state index contributed by atoms with van der Waals surface area (Å²) in [7, 11) is 0. The van der Waals surface area contributed by atoms with Gasteiger partial charge in [-0.05, 0) is 42.9 Å². The molecule has 3 aliphatic carbocycles. The molecule has 4 fully saturated rings. The summed E-state index contributed by atoms with van der Waals surface area (Å²) in [5, 5.41) is 5.52. The number of rotatable bonds is 12. The summed E-state index contributed by atoms with van der Waals surface area (Å²) in [5.74, 6) is -3.50. The number of halogens is 2. The predicted octanol–water partition coefficient (Wildman–Crippen LogP) is 3.39. The van der Waals surface area contributed by atoms with E-state index in [1.807, 2.05) is 20.8 Å². The molecule has 4 rings (SSSR count). The summed E-state index contributed by atoms with van der Waals surface area (Å²) in [4.78, 5) is 66.3. The summed E-state index contributed by atoms with van der Waals surface area (Å²) in [6.45, 7) is 11.7. The molecule has 10 nitrogen and oxygen atoms in total. The molecule has 12 heteroatoms. The van der Waals surface area contributed by atoms with Gasteiger partial charge in [0.05, 0.1) is 6.04 Å². The third-order valence-electron chi connectivity index (χ3n) is 10.2. The van der Waals surface area contributed by atoms with Crippen LogP contribution in [0.15, 0.2) is 0 Å². The van der Waals surface area contributed by atoms with Crippen LogP contribution in [0.4, 0.5) is 4.79 Å². The van der Waals surface area contributed by atoms with Gasteiger partial charge < -0.3 is 26.0 Å². The number of carbonyl (C=O) groups is 5. The number of ether oxygens (including phenoxy) is 1. The first kappa shape index (κ1) is 32.8. The predicted molar refractivity (Wildman–Crippen MR) is 157 cm³/mol. The van der Waals surface area contributed by atoms with Gasteiger partial charge in [0.1, 0.15) is 23.0 Å². The lowest BCUT2D eigenvalue weighted by molar-refractivity contribution is -0.144. The second kappa shape index (κ2) is 13.3. The molecule has 0 spiro atoms. The highest BCUT2D eigenvalue weighted by molar-refractivity contribution is 6.45. The minimum Gasteiger partial charge on any atom is -0.446 e. The van der Waals surface area contributed by atoms with Crippen molar-refractivity contribution in [1.82, 2.24) is 15.5 Å². The largest absolute Gasteiger partial charge is 0.446 e. The molecule has 4 N–H and O–H groups in total. The van der Waals surface area contributed by atoms with Gasteiger partial charge in [0.25, 0.3) is 5.91 Å². The second-order valence-corrected chi connectivity index (χ2v) is 14.3. The Morgan fingerprint density at radius 2 is 1.67 bits per heavy atom. The lowest BCUT2D eigenvalue weighted by Gasteiger charge is -2.38. The molecule has 2 unspecified atom stereocenters. The number of nitrogens with two attached hydrogens (primary N) is 1. The molecular formula is C30H44Cl2N4O6. The van der Waals surface area contributed by atoms with Crippen LogP contribution in [-0.2, 0) is 23.9 Å². The fourth-order valence-electron chi connectivity index (χ4n) is 7.06. The number of nitrogens with zero attached hydrogens (tertiary/aromatic N) is 1. The van der Waals surface area contributed by atoms with E-state index in [0.717, 1.165) is 51.4 Å². The average molecular weight is 628 g/mol. The first-order chi connectivity index (χ1) is 19.8. The fourth-order valence-corrected chi connectivity index (χ4v) is 7.67. The van der Waals surface area contributed by atoms with Crippen molar-refractivity contribution in [3.8, 4) is 0 Å². The Morgan fingerprint density at radius 3 is 2.19 bits per heavy atom. The van der Waals surface area contributed by atoms with E-state index < -0.39 is 64.1 Å². The topological polar surface area (TPSA) is 148 Å². The minimum absolute atomic E-state index is 0.119. The van der Waals surface area contributed by atoms with Crippen molar-refractivity contribution in [3.05, 3.63) is 6.92 Å². The van der Waals surface area contributed by atoms with Gasteiger partial charge >= 0.3 is 6.09 Å². The van der Waals surface area contributed by atoms with Gasteiger partial charge in [-0.15, -0.1) is 23.2 Å². The lowest BCUT2D eigenvalue weighted by atomic mass is 9.80. The van der Waals surface area contributed by atoms with Crippen molar-refractivity contribution in [2.24, 2.45) is 40.7 Å². The molecule has 4 amide bonds. The zero-order chi connectivity index (χ0) is 30.9. The fraction of sp³-hybridized carbons (Fsp3) is 0.800. The lowest BCUT2D eigenvalue weighted by Crippen LogP contribution is -2.60. The molecular weight excluding hydrogens is 583 g/mol. The van der Waals surface area contributed by atoms with Crippen LogP contribution < -0.4 is 16.4 Å². The van der Waals surface area contributed by atoms with Crippen LogP contribution in [-0.4, -0.2) is 70.1 Å².